The van der Waals surface area contributed by atoms with Gasteiger partial charge in [0, 0.05) is 23.2 Å². The van der Waals surface area contributed by atoms with Gasteiger partial charge in [-0.3, -0.25) is 0 Å². The van der Waals surface area contributed by atoms with E-state index < -0.39 is 0 Å². The Bertz CT molecular complexity index is 564. The largest absolute Gasteiger partial charge is 0.457 e. The molecule has 0 fully saturated rings. The first-order valence-electron chi connectivity index (χ1n) is 6.81. The molecule has 0 aliphatic heterocycles. The standard InChI is InChI=1S/C17H20ClNO/c1-12(2)19-11-14-6-7-15(18)10-17(14)20-16-8-4-13(3)5-9-16/h4-10,12,19H,11H2,1-3H3. The molecule has 0 unspecified atom stereocenters. The topological polar surface area (TPSA) is 21.3 Å². The molecule has 2 nitrogen and oxygen atoms in total. The first-order chi connectivity index (χ1) is 9.54. The van der Waals surface area contributed by atoms with Gasteiger partial charge < -0.3 is 10.1 Å². The number of ether oxygens (including phenoxy) is 1. The summed E-state index contributed by atoms with van der Waals surface area (Å²) in [5.41, 5.74) is 2.31. The van der Waals surface area contributed by atoms with Gasteiger partial charge in [-0.15, -0.1) is 0 Å². The Morgan fingerprint density at radius 3 is 2.45 bits per heavy atom. The van der Waals surface area contributed by atoms with E-state index in [9.17, 15) is 0 Å². The van der Waals surface area contributed by atoms with E-state index in [0.29, 0.717) is 11.1 Å². The van der Waals surface area contributed by atoms with Gasteiger partial charge in [0.2, 0.25) is 0 Å². The van der Waals surface area contributed by atoms with Crippen LogP contribution in [0.15, 0.2) is 42.5 Å². The van der Waals surface area contributed by atoms with Crippen LogP contribution in [0.4, 0.5) is 0 Å². The van der Waals surface area contributed by atoms with E-state index in [1.807, 2.05) is 42.5 Å². The van der Waals surface area contributed by atoms with E-state index in [0.717, 1.165) is 23.6 Å². The number of rotatable bonds is 5. The van der Waals surface area contributed by atoms with Crippen molar-refractivity contribution in [3.8, 4) is 11.5 Å². The van der Waals surface area contributed by atoms with E-state index in [4.69, 9.17) is 16.3 Å². The van der Waals surface area contributed by atoms with Crippen LogP contribution in [0.2, 0.25) is 5.02 Å². The molecule has 0 radical (unpaired) electrons. The molecule has 0 aromatic heterocycles. The normalized spacial score (nSPS) is 10.8. The third kappa shape index (κ3) is 4.26. The van der Waals surface area contributed by atoms with Crippen molar-refractivity contribution in [1.82, 2.24) is 5.32 Å². The van der Waals surface area contributed by atoms with Crippen LogP contribution in [0.5, 0.6) is 11.5 Å². The van der Waals surface area contributed by atoms with Crippen molar-refractivity contribution in [2.24, 2.45) is 0 Å². The molecule has 0 spiro atoms. The Morgan fingerprint density at radius 1 is 1.10 bits per heavy atom. The van der Waals surface area contributed by atoms with E-state index in [2.05, 4.69) is 26.1 Å². The maximum absolute atomic E-state index is 6.07. The molecule has 20 heavy (non-hydrogen) atoms. The first kappa shape index (κ1) is 14.9. The third-order valence-corrected chi connectivity index (χ3v) is 3.21. The molecule has 3 heteroatoms. The number of halogens is 1. The molecule has 106 valence electrons. The Labute approximate surface area is 125 Å². The molecule has 2 rings (SSSR count). The number of aryl methyl sites for hydroxylation is 1. The minimum absolute atomic E-state index is 0.429. The summed E-state index contributed by atoms with van der Waals surface area (Å²) < 4.78 is 5.95. The van der Waals surface area contributed by atoms with Crippen molar-refractivity contribution in [3.63, 3.8) is 0 Å². The van der Waals surface area contributed by atoms with Gasteiger partial charge in [-0.1, -0.05) is 49.2 Å². The van der Waals surface area contributed by atoms with Crippen LogP contribution in [-0.2, 0) is 6.54 Å². The van der Waals surface area contributed by atoms with Gasteiger partial charge >= 0.3 is 0 Å². The highest BCUT2D eigenvalue weighted by Crippen LogP contribution is 2.28. The smallest absolute Gasteiger partial charge is 0.133 e. The maximum Gasteiger partial charge on any atom is 0.133 e. The van der Waals surface area contributed by atoms with Gasteiger partial charge in [-0.25, -0.2) is 0 Å². The third-order valence-electron chi connectivity index (χ3n) is 2.98. The van der Waals surface area contributed by atoms with Crippen molar-refractivity contribution in [2.75, 3.05) is 0 Å². The second-order valence-electron chi connectivity index (χ2n) is 5.20. The molecule has 0 heterocycles. The highest BCUT2D eigenvalue weighted by Gasteiger charge is 2.07. The van der Waals surface area contributed by atoms with Crippen molar-refractivity contribution in [2.45, 2.75) is 33.4 Å². The summed E-state index contributed by atoms with van der Waals surface area (Å²) >= 11 is 6.07. The fourth-order valence-electron chi connectivity index (χ4n) is 1.82. The minimum atomic E-state index is 0.429. The molecular formula is C17H20ClNO. The predicted molar refractivity (Wildman–Crippen MR) is 84.7 cm³/mol. The van der Waals surface area contributed by atoms with Crippen LogP contribution in [0.1, 0.15) is 25.0 Å². The lowest BCUT2D eigenvalue weighted by Gasteiger charge is -2.14. The SMILES string of the molecule is Cc1ccc(Oc2cc(Cl)ccc2CNC(C)C)cc1. The van der Waals surface area contributed by atoms with Crippen molar-refractivity contribution in [1.29, 1.82) is 0 Å². The molecule has 1 N–H and O–H groups in total. The minimum Gasteiger partial charge on any atom is -0.457 e. The fraction of sp³-hybridized carbons (Fsp3) is 0.294. The second kappa shape index (κ2) is 6.78. The summed E-state index contributed by atoms with van der Waals surface area (Å²) in [7, 11) is 0. The van der Waals surface area contributed by atoms with Gasteiger partial charge in [0.05, 0.1) is 0 Å². The molecule has 2 aromatic carbocycles. The monoisotopic (exact) mass is 289 g/mol. The maximum atomic E-state index is 6.07. The van der Waals surface area contributed by atoms with Gasteiger partial charge in [0.25, 0.3) is 0 Å². The Balaban J connectivity index is 2.20. The first-order valence-corrected chi connectivity index (χ1v) is 7.19. The van der Waals surface area contributed by atoms with Crippen LogP contribution in [-0.4, -0.2) is 6.04 Å². The summed E-state index contributed by atoms with van der Waals surface area (Å²) in [5, 5.41) is 4.07. The summed E-state index contributed by atoms with van der Waals surface area (Å²) in [4.78, 5) is 0. The molecule has 2 aromatic rings. The van der Waals surface area contributed by atoms with E-state index in [-0.39, 0.29) is 0 Å². The van der Waals surface area contributed by atoms with E-state index >= 15 is 0 Å². The average molecular weight is 290 g/mol. The van der Waals surface area contributed by atoms with E-state index in [1.54, 1.807) is 0 Å². The van der Waals surface area contributed by atoms with Crippen LogP contribution < -0.4 is 10.1 Å². The Morgan fingerprint density at radius 2 is 1.80 bits per heavy atom. The van der Waals surface area contributed by atoms with Crippen molar-refractivity contribution in [3.05, 3.63) is 58.6 Å². The predicted octanol–water partition coefficient (Wildman–Crippen LogP) is 4.94. The summed E-state index contributed by atoms with van der Waals surface area (Å²) in [6.45, 7) is 7.06. The van der Waals surface area contributed by atoms with Crippen molar-refractivity contribution < 1.29 is 4.74 Å². The molecule has 0 amide bonds. The summed E-state index contributed by atoms with van der Waals surface area (Å²) in [6, 6.07) is 14.2. The van der Waals surface area contributed by atoms with Crippen LogP contribution in [0.3, 0.4) is 0 Å². The number of nitrogens with one attached hydrogen (secondary N) is 1. The van der Waals surface area contributed by atoms with Gasteiger partial charge in [0.1, 0.15) is 11.5 Å². The van der Waals surface area contributed by atoms with Gasteiger partial charge in [0.15, 0.2) is 0 Å². The molecule has 0 saturated heterocycles. The number of benzene rings is 2. The molecule has 0 saturated carbocycles. The zero-order chi connectivity index (χ0) is 14.5. The molecule has 0 aliphatic rings. The zero-order valence-electron chi connectivity index (χ0n) is 12.1. The van der Waals surface area contributed by atoms with Crippen LogP contribution in [0.25, 0.3) is 0 Å². The average Bonchev–Trinajstić information content (AvgIpc) is 2.40. The molecule has 0 atom stereocenters. The van der Waals surface area contributed by atoms with Crippen LogP contribution in [0, 0.1) is 6.92 Å². The molecule has 0 aliphatic carbocycles. The number of hydrogen-bond acceptors (Lipinski definition) is 2. The number of hydrogen-bond donors (Lipinski definition) is 1. The molecule has 0 bridgehead atoms. The lowest BCUT2D eigenvalue weighted by molar-refractivity contribution is 0.469. The Hall–Kier alpha value is -1.51. The fourth-order valence-corrected chi connectivity index (χ4v) is 1.98. The summed E-state index contributed by atoms with van der Waals surface area (Å²) in [6.07, 6.45) is 0. The van der Waals surface area contributed by atoms with E-state index in [1.165, 1.54) is 5.56 Å². The van der Waals surface area contributed by atoms with Gasteiger partial charge in [-0.2, -0.15) is 0 Å². The quantitative estimate of drug-likeness (QED) is 0.842. The van der Waals surface area contributed by atoms with Crippen LogP contribution >= 0.6 is 11.6 Å². The highest BCUT2D eigenvalue weighted by atomic mass is 35.5. The van der Waals surface area contributed by atoms with Gasteiger partial charge in [-0.05, 0) is 31.2 Å². The van der Waals surface area contributed by atoms with Crippen molar-refractivity contribution >= 4 is 11.6 Å². The molecular weight excluding hydrogens is 270 g/mol. The highest BCUT2D eigenvalue weighted by molar-refractivity contribution is 6.30. The lowest BCUT2D eigenvalue weighted by atomic mass is 10.2. The zero-order valence-corrected chi connectivity index (χ0v) is 12.9. The second-order valence-corrected chi connectivity index (χ2v) is 5.64. The Kier molecular flexibility index (Phi) is 5.05. The summed E-state index contributed by atoms with van der Waals surface area (Å²) in [5.74, 6) is 1.62. The lowest BCUT2D eigenvalue weighted by Crippen LogP contribution is -2.22.